The summed E-state index contributed by atoms with van der Waals surface area (Å²) in [5.41, 5.74) is 2.27. The number of amides is 1. The van der Waals surface area contributed by atoms with Gasteiger partial charge in [0.2, 0.25) is 0 Å². The molecule has 0 aliphatic heterocycles. The van der Waals surface area contributed by atoms with E-state index in [1.165, 1.54) is 7.11 Å². The van der Waals surface area contributed by atoms with Gasteiger partial charge in [0, 0.05) is 6.42 Å². The van der Waals surface area contributed by atoms with Crippen molar-refractivity contribution in [3.05, 3.63) is 64.2 Å². The molecule has 2 atom stereocenters. The van der Waals surface area contributed by atoms with Crippen LogP contribution in [0.3, 0.4) is 0 Å². The second-order valence-corrected chi connectivity index (χ2v) is 5.65. The average Bonchev–Trinajstić information content (AvgIpc) is 2.83. The summed E-state index contributed by atoms with van der Waals surface area (Å²) in [7, 11) is 1.49. The average molecular weight is 318 g/mol. The van der Waals surface area contributed by atoms with Crippen molar-refractivity contribution >= 4 is 17.5 Å². The van der Waals surface area contributed by atoms with Crippen LogP contribution in [-0.4, -0.2) is 24.2 Å². The first-order chi connectivity index (χ1) is 10.6. The molecule has 22 heavy (non-hydrogen) atoms. The van der Waals surface area contributed by atoms with Crippen molar-refractivity contribution in [1.82, 2.24) is 5.32 Å². The van der Waals surface area contributed by atoms with Crippen LogP contribution in [0.1, 0.15) is 27.5 Å². The smallest absolute Gasteiger partial charge is 0.257 e. The Bertz CT molecular complexity index is 717. The van der Waals surface area contributed by atoms with Gasteiger partial charge in [0.05, 0.1) is 29.8 Å². The molecule has 0 heterocycles. The van der Waals surface area contributed by atoms with E-state index in [9.17, 15) is 9.90 Å². The van der Waals surface area contributed by atoms with Crippen LogP contribution in [0.15, 0.2) is 42.5 Å². The predicted octanol–water partition coefficient (Wildman–Crippen LogP) is 2.74. The van der Waals surface area contributed by atoms with E-state index in [0.29, 0.717) is 17.2 Å². The summed E-state index contributed by atoms with van der Waals surface area (Å²) in [5, 5.41) is 13.4. The van der Waals surface area contributed by atoms with Crippen LogP contribution < -0.4 is 10.1 Å². The fraction of sp³-hybridized carbons (Fsp3) is 0.235. The first kappa shape index (κ1) is 14.9. The second kappa shape index (κ2) is 5.99. The molecule has 0 saturated carbocycles. The van der Waals surface area contributed by atoms with Gasteiger partial charge in [-0.3, -0.25) is 4.79 Å². The van der Waals surface area contributed by atoms with Crippen LogP contribution in [0.4, 0.5) is 0 Å². The zero-order valence-corrected chi connectivity index (χ0v) is 12.8. The van der Waals surface area contributed by atoms with Crippen LogP contribution in [0.25, 0.3) is 0 Å². The number of benzene rings is 2. The van der Waals surface area contributed by atoms with Crippen LogP contribution in [-0.2, 0) is 6.42 Å². The number of aliphatic hydroxyl groups is 1. The number of carbonyl (C=O) groups excluding carboxylic acids is 1. The van der Waals surface area contributed by atoms with E-state index in [0.717, 1.165) is 11.1 Å². The molecule has 0 unspecified atom stereocenters. The van der Waals surface area contributed by atoms with E-state index in [1.54, 1.807) is 18.2 Å². The van der Waals surface area contributed by atoms with Crippen molar-refractivity contribution in [1.29, 1.82) is 0 Å². The first-order valence-corrected chi connectivity index (χ1v) is 7.39. The lowest BCUT2D eigenvalue weighted by molar-refractivity contribution is 0.0855. The molecule has 1 aliphatic rings. The molecular weight excluding hydrogens is 302 g/mol. The molecule has 114 valence electrons. The van der Waals surface area contributed by atoms with E-state index in [2.05, 4.69) is 5.32 Å². The topological polar surface area (TPSA) is 58.6 Å². The van der Waals surface area contributed by atoms with E-state index in [4.69, 9.17) is 16.3 Å². The summed E-state index contributed by atoms with van der Waals surface area (Å²) in [5.74, 6) is 0.0500. The van der Waals surface area contributed by atoms with Gasteiger partial charge in [-0.25, -0.2) is 0 Å². The summed E-state index contributed by atoms with van der Waals surface area (Å²) < 4.78 is 5.20. The third kappa shape index (κ3) is 2.56. The largest absolute Gasteiger partial charge is 0.496 e. The molecule has 2 aromatic carbocycles. The number of rotatable bonds is 3. The summed E-state index contributed by atoms with van der Waals surface area (Å²) in [6.45, 7) is 0. The SMILES string of the molecule is COc1cccc(Cl)c1C(=O)N[C@@H]1c2ccccc2C[C@H]1O. The number of halogens is 1. The number of carbonyl (C=O) groups is 1. The number of ether oxygens (including phenoxy) is 1. The molecule has 1 amide bonds. The van der Waals surface area contributed by atoms with E-state index >= 15 is 0 Å². The van der Waals surface area contributed by atoms with Crippen molar-refractivity contribution < 1.29 is 14.6 Å². The lowest BCUT2D eigenvalue weighted by Gasteiger charge is -2.19. The molecule has 3 rings (SSSR count). The van der Waals surface area contributed by atoms with Crippen molar-refractivity contribution in [3.63, 3.8) is 0 Å². The highest BCUT2D eigenvalue weighted by Gasteiger charge is 2.32. The fourth-order valence-corrected chi connectivity index (χ4v) is 3.11. The third-order valence-electron chi connectivity index (χ3n) is 3.91. The summed E-state index contributed by atoms with van der Waals surface area (Å²) in [6, 6.07) is 12.3. The molecule has 0 saturated heterocycles. The number of fused-ring (bicyclic) bond motifs is 1. The highest BCUT2D eigenvalue weighted by molar-refractivity contribution is 6.34. The third-order valence-corrected chi connectivity index (χ3v) is 4.23. The highest BCUT2D eigenvalue weighted by Crippen LogP contribution is 2.33. The van der Waals surface area contributed by atoms with Gasteiger partial charge in [0.15, 0.2) is 0 Å². The molecule has 1 aliphatic carbocycles. The monoisotopic (exact) mass is 317 g/mol. The second-order valence-electron chi connectivity index (χ2n) is 5.24. The number of nitrogens with one attached hydrogen (secondary N) is 1. The zero-order chi connectivity index (χ0) is 15.7. The normalized spacial score (nSPS) is 19.6. The molecule has 2 N–H and O–H groups in total. The molecule has 0 aromatic heterocycles. The molecule has 4 nitrogen and oxygen atoms in total. The number of hydrogen-bond donors (Lipinski definition) is 2. The van der Waals surface area contributed by atoms with Crippen LogP contribution in [0.5, 0.6) is 5.75 Å². The Kier molecular flexibility index (Phi) is 4.05. The fourth-order valence-electron chi connectivity index (χ4n) is 2.86. The van der Waals surface area contributed by atoms with Gasteiger partial charge >= 0.3 is 0 Å². The van der Waals surface area contributed by atoms with Crippen molar-refractivity contribution in [2.45, 2.75) is 18.6 Å². The Morgan fingerprint density at radius 3 is 2.82 bits per heavy atom. The maximum Gasteiger partial charge on any atom is 0.257 e. The van der Waals surface area contributed by atoms with Gasteiger partial charge in [-0.15, -0.1) is 0 Å². The Morgan fingerprint density at radius 1 is 1.27 bits per heavy atom. The number of aliphatic hydroxyl groups excluding tert-OH is 1. The van der Waals surface area contributed by atoms with Crippen LogP contribution in [0, 0.1) is 0 Å². The van der Waals surface area contributed by atoms with Gasteiger partial charge in [0.25, 0.3) is 5.91 Å². The lowest BCUT2D eigenvalue weighted by atomic mass is 10.1. The Balaban J connectivity index is 1.90. The van der Waals surface area contributed by atoms with Crippen molar-refractivity contribution in [3.8, 4) is 5.75 Å². The Labute approximate surface area is 133 Å². The highest BCUT2D eigenvalue weighted by atomic mass is 35.5. The minimum atomic E-state index is -0.644. The molecule has 2 aromatic rings. The minimum Gasteiger partial charge on any atom is -0.496 e. The van der Waals surface area contributed by atoms with Gasteiger partial charge in [-0.1, -0.05) is 41.9 Å². The summed E-state index contributed by atoms with van der Waals surface area (Å²) in [4.78, 5) is 12.6. The zero-order valence-electron chi connectivity index (χ0n) is 12.0. The van der Waals surface area contributed by atoms with Crippen molar-refractivity contribution in [2.24, 2.45) is 0 Å². The van der Waals surface area contributed by atoms with Gasteiger partial charge in [-0.05, 0) is 23.3 Å². The molecule has 0 spiro atoms. The van der Waals surface area contributed by atoms with Crippen molar-refractivity contribution in [2.75, 3.05) is 7.11 Å². The van der Waals surface area contributed by atoms with E-state index in [1.807, 2.05) is 24.3 Å². The van der Waals surface area contributed by atoms with Gasteiger partial charge in [0.1, 0.15) is 5.75 Å². The van der Waals surface area contributed by atoms with Gasteiger partial charge in [-0.2, -0.15) is 0 Å². The quantitative estimate of drug-likeness (QED) is 0.915. The Hall–Kier alpha value is -2.04. The minimum absolute atomic E-state index is 0.281. The standard InChI is InChI=1S/C17H16ClNO3/c1-22-14-8-4-7-12(18)15(14)17(21)19-16-11-6-3-2-5-10(11)9-13(16)20/h2-8,13,16,20H,9H2,1H3,(H,19,21)/t13-,16-/m1/s1. The summed E-state index contributed by atoms with van der Waals surface area (Å²) in [6.07, 6.45) is -0.115. The van der Waals surface area contributed by atoms with Gasteiger partial charge < -0.3 is 15.2 Å². The number of hydrogen-bond acceptors (Lipinski definition) is 3. The molecule has 5 heteroatoms. The maximum atomic E-state index is 12.6. The van der Waals surface area contributed by atoms with Crippen LogP contribution in [0.2, 0.25) is 5.02 Å². The van der Waals surface area contributed by atoms with E-state index in [-0.39, 0.29) is 11.5 Å². The lowest BCUT2D eigenvalue weighted by Crippen LogP contribution is -2.34. The molecular formula is C17H16ClNO3. The first-order valence-electron chi connectivity index (χ1n) is 7.01. The maximum absolute atomic E-state index is 12.6. The summed E-state index contributed by atoms with van der Waals surface area (Å²) >= 11 is 6.12. The number of methoxy groups -OCH3 is 1. The molecule has 0 bridgehead atoms. The Morgan fingerprint density at radius 2 is 2.05 bits per heavy atom. The molecule has 0 radical (unpaired) electrons. The predicted molar refractivity (Wildman–Crippen MR) is 84.4 cm³/mol. The molecule has 0 fully saturated rings. The van der Waals surface area contributed by atoms with E-state index < -0.39 is 12.1 Å². The van der Waals surface area contributed by atoms with Crippen LogP contribution >= 0.6 is 11.6 Å².